The molecule has 8 aliphatic carbocycles. The van der Waals surface area contributed by atoms with Gasteiger partial charge in [-0.2, -0.15) is 0 Å². The van der Waals surface area contributed by atoms with E-state index in [0.29, 0.717) is 0 Å². The molecule has 24 atom stereocenters. The molecule has 2 aromatic rings. The molecule has 0 spiro atoms. The number of halogens is 6. The number of hydrogen-bond donors (Lipinski definition) is 0. The fourth-order valence-electron chi connectivity index (χ4n) is 21.7. The van der Waals surface area contributed by atoms with Gasteiger partial charge in [0.1, 0.15) is 0 Å². The summed E-state index contributed by atoms with van der Waals surface area (Å²) in [6, 6.07) is 20.1. The van der Waals surface area contributed by atoms with E-state index in [1.165, 1.54) is 77.0 Å². The van der Waals surface area contributed by atoms with Crippen molar-refractivity contribution in [3.63, 3.8) is 0 Å². The van der Waals surface area contributed by atoms with Gasteiger partial charge in [0.25, 0.3) is 0 Å². The quantitative estimate of drug-likeness (QED) is 0.0781. The summed E-state index contributed by atoms with van der Waals surface area (Å²) in [7, 11) is 7.05. The van der Waals surface area contributed by atoms with E-state index in [9.17, 15) is 0 Å². The van der Waals surface area contributed by atoms with Crippen molar-refractivity contribution in [1.29, 1.82) is 0 Å². The second kappa shape index (κ2) is 38.8. The van der Waals surface area contributed by atoms with Crippen molar-refractivity contribution < 1.29 is 47.1 Å². The van der Waals surface area contributed by atoms with Crippen LogP contribution in [0.25, 0.3) is 10.6 Å². The van der Waals surface area contributed by atoms with Gasteiger partial charge in [0, 0.05) is 19.3 Å². The van der Waals surface area contributed by atoms with Crippen LogP contribution in [-0.4, -0.2) is 48.5 Å². The van der Waals surface area contributed by atoms with Crippen LogP contribution in [0.15, 0.2) is 60.7 Å². The Kier molecular flexibility index (Phi) is 38.2. The van der Waals surface area contributed by atoms with E-state index >= 15 is 0 Å². The van der Waals surface area contributed by atoms with Crippen LogP contribution >= 0.6 is 80.7 Å². The van der Waals surface area contributed by atoms with Crippen molar-refractivity contribution in [2.24, 2.45) is 118 Å². The van der Waals surface area contributed by atoms with E-state index in [1.807, 2.05) is 60.7 Å². The average molecular weight is 1690 g/mol. The number of alkyl halides is 4. The first kappa shape index (κ1) is 85.8. The fourth-order valence-corrected chi connectivity index (χ4v) is 39.3. The Labute approximate surface area is 614 Å². The minimum absolute atomic E-state index is 0. The Morgan fingerprint density at radius 3 is 0.793 bits per heavy atom. The first-order valence-corrected chi connectivity index (χ1v) is 50.0. The van der Waals surface area contributed by atoms with Gasteiger partial charge in [0.15, 0.2) is 0 Å². The SMILES string of the molecule is CC(C)C1CC(Br)C2CC(C)C([Si](C)(C)C3C(C)CC4C(Br)CC(C(C)C)CC43)C2C1.CC(C)C1CC(Br)C2CC(C)C([Si](C)(C)C3C(C)CC4C(Br)CC(C(C)C)CC43)C2C1.[CH3-].[CH3-].[CH3-].[CH3-].[Cl][Zr+2][Cl].[Zr+4].c1ccc([N-]CCC[N-]c2ccccc2)cc1. The molecule has 8 fully saturated rings. The summed E-state index contributed by atoms with van der Waals surface area (Å²) in [5, 5.41) is 8.95. The van der Waals surface area contributed by atoms with Gasteiger partial charge in [-0.1, -0.05) is 240 Å². The standard InChI is InChI=1S/2C28H50Br2Si.C15H16N2.4CH3.2ClH.2Zr/c2*1-15(2)19-11-23-21(25(29)13-19)9-17(5)27(23)31(7,8)28-18(6)10-22-24(28)12-20(16(3)4)14-26(22)30;1-3-8-14(9-4-1)16-12-7-13-17-15-10-5-2-6-11-15;;;;;;;;/h2*15-28H,9-14H2,1-8H3;1-6,8-11H,7,12-13H2;4*1H3;2*1H;;/q;;-2;4*-1;;;2*+4/p-2. The number of fused-ring (bicyclic) bond motifs is 4. The first-order valence-electron chi connectivity index (χ1n) is 33.7. The van der Waals surface area contributed by atoms with E-state index in [4.69, 9.17) is 17.0 Å². The number of para-hydroxylation sites is 2. The van der Waals surface area contributed by atoms with Crippen LogP contribution in [0.5, 0.6) is 0 Å². The molecule has 0 saturated heterocycles. The normalized spacial score (nSPS) is 38.2. The van der Waals surface area contributed by atoms with Crippen molar-refractivity contribution in [3.8, 4) is 0 Å². The predicted octanol–water partition coefficient (Wildman–Crippen LogP) is 27.2. The molecule has 8 aliphatic rings. The molecule has 8 saturated carbocycles. The maximum absolute atomic E-state index is 4.93. The van der Waals surface area contributed by atoms with Crippen LogP contribution in [-0.2, 0) is 47.1 Å². The Morgan fingerprint density at radius 1 is 0.391 bits per heavy atom. The van der Waals surface area contributed by atoms with Crippen LogP contribution in [0, 0.1) is 148 Å². The summed E-state index contributed by atoms with van der Waals surface area (Å²) < 4.78 is 0. The number of benzene rings is 2. The van der Waals surface area contributed by atoms with Crippen molar-refractivity contribution in [2.45, 2.75) is 234 Å². The van der Waals surface area contributed by atoms with Crippen LogP contribution < -0.4 is 0 Å². The molecule has 0 amide bonds. The Bertz CT molecular complexity index is 1950. The number of hydrogen-bond acceptors (Lipinski definition) is 0. The van der Waals surface area contributed by atoms with Gasteiger partial charge in [-0.15, -0.1) is 24.5 Å². The minimum Gasteiger partial charge on any atom is -0.684 e. The molecule has 0 aromatic heterocycles. The van der Waals surface area contributed by atoms with Crippen molar-refractivity contribution in [2.75, 3.05) is 13.1 Å². The van der Waals surface area contributed by atoms with Crippen LogP contribution in [0.3, 0.4) is 0 Å². The second-order valence-corrected chi connectivity index (χ2v) is 50.1. The molecule has 2 aromatic carbocycles. The van der Waals surface area contributed by atoms with Gasteiger partial charge in [-0.05, 0) is 218 Å². The Balaban J connectivity index is 0.000000439. The number of rotatable bonds is 14. The molecule has 24 unspecified atom stereocenters. The van der Waals surface area contributed by atoms with Crippen LogP contribution in [0.4, 0.5) is 11.4 Å². The van der Waals surface area contributed by atoms with Crippen molar-refractivity contribution in [3.05, 3.63) is 101 Å². The van der Waals surface area contributed by atoms with E-state index < -0.39 is 37.0 Å². The molecule has 0 N–H and O–H groups in total. The smallest absolute Gasteiger partial charge is 0.684 e. The average Bonchev–Trinajstić information content (AvgIpc) is 1.64. The molecule has 2 nitrogen and oxygen atoms in total. The summed E-state index contributed by atoms with van der Waals surface area (Å²) in [4.78, 5) is 3.10. The summed E-state index contributed by atoms with van der Waals surface area (Å²) in [6.07, 6.45) is 18.8. The maximum atomic E-state index is 4.93. The van der Waals surface area contributed by atoms with Gasteiger partial charge >= 0.3 is 64.1 Å². The summed E-state index contributed by atoms with van der Waals surface area (Å²) in [5.41, 5.74) is 6.26. The predicted molar refractivity (Wildman–Crippen MR) is 405 cm³/mol. The summed E-state index contributed by atoms with van der Waals surface area (Å²) in [6.45, 7) is 43.6. The van der Waals surface area contributed by atoms with Gasteiger partial charge < -0.3 is 40.3 Å². The number of nitrogens with zero attached hydrogens (tertiary/aromatic N) is 2. The fraction of sp³-hybridized carbons (Fsp3) is 0.787. The third-order valence-corrected chi connectivity index (χ3v) is 40.0. The zero-order valence-electron chi connectivity index (χ0n) is 58.7. The van der Waals surface area contributed by atoms with E-state index in [2.05, 4.69) is 184 Å². The maximum Gasteiger partial charge on any atom is 4.00 e. The largest absolute Gasteiger partial charge is 4.00 e. The first-order chi connectivity index (χ1) is 38.7. The molecule has 12 heteroatoms. The van der Waals surface area contributed by atoms with Gasteiger partial charge in [0.2, 0.25) is 0 Å². The van der Waals surface area contributed by atoms with Gasteiger partial charge in [-0.25, -0.2) is 0 Å². The molecule has 10 rings (SSSR count). The van der Waals surface area contributed by atoms with Crippen molar-refractivity contribution in [1.82, 2.24) is 0 Å². The Morgan fingerprint density at radius 2 is 0.598 bits per heavy atom. The zero-order chi connectivity index (χ0) is 60.1. The topological polar surface area (TPSA) is 28.2 Å². The summed E-state index contributed by atoms with van der Waals surface area (Å²) >= 11 is 16.0. The van der Waals surface area contributed by atoms with E-state index in [0.717, 1.165) is 191 Å². The zero-order valence-corrected chi connectivity index (χ0v) is 73.5. The molecular formula is C75H128Br4Cl2N2Si2Zr2. The molecule has 87 heavy (non-hydrogen) atoms. The molecule has 0 aliphatic heterocycles. The molecule has 496 valence electrons. The van der Waals surface area contributed by atoms with Crippen LogP contribution in [0.1, 0.15) is 167 Å². The van der Waals surface area contributed by atoms with Gasteiger partial charge in [0.05, 0.1) is 16.1 Å². The van der Waals surface area contributed by atoms with Gasteiger partial charge in [-0.3, -0.25) is 0 Å². The third-order valence-electron chi connectivity index (χ3n) is 25.0. The second-order valence-electron chi connectivity index (χ2n) is 31.7. The van der Waals surface area contributed by atoms with Crippen LogP contribution in [0.2, 0.25) is 48.4 Å². The molecule has 0 bridgehead atoms. The molecule has 0 heterocycles. The van der Waals surface area contributed by atoms with Crippen molar-refractivity contribution >= 4 is 108 Å². The Hall–Kier alpha value is 2.74. The van der Waals surface area contributed by atoms with E-state index in [1.54, 1.807) is 0 Å². The monoisotopic (exact) mass is 1680 g/mol. The minimum atomic E-state index is -1.41. The van der Waals surface area contributed by atoms with E-state index in [-0.39, 0.29) is 55.9 Å². The molecular weight excluding hydrogens is 1560 g/mol. The molecule has 0 radical (unpaired) electrons. The third kappa shape index (κ3) is 20.9. The summed E-state index contributed by atoms with van der Waals surface area (Å²) in [5.74, 6) is 18.7.